The van der Waals surface area contributed by atoms with Crippen molar-refractivity contribution in [3.05, 3.63) is 58.7 Å². The standard InChI is InChI=1S/C17H14BrN3O2/c1-23-10-6-7-14-11(8-10)16(12(9-20-14)17(19)22)21-15-5-3-2-4-13(15)18/h2-9H,1H3,(H2,19,22)(H,20,21). The number of para-hydroxylation sites is 1. The van der Waals surface area contributed by atoms with E-state index < -0.39 is 5.91 Å². The van der Waals surface area contributed by atoms with Crippen LogP contribution in [-0.2, 0) is 0 Å². The largest absolute Gasteiger partial charge is 0.497 e. The molecule has 0 spiro atoms. The second kappa shape index (κ2) is 6.26. The van der Waals surface area contributed by atoms with Crippen LogP contribution in [0.3, 0.4) is 0 Å². The number of methoxy groups -OCH3 is 1. The van der Waals surface area contributed by atoms with E-state index in [2.05, 4.69) is 26.2 Å². The molecule has 0 aliphatic rings. The number of aromatic nitrogens is 1. The third-order valence-corrected chi connectivity index (χ3v) is 4.17. The van der Waals surface area contributed by atoms with Gasteiger partial charge in [0.05, 0.1) is 29.6 Å². The molecule has 0 saturated carbocycles. The van der Waals surface area contributed by atoms with E-state index in [-0.39, 0.29) is 0 Å². The predicted octanol–water partition coefficient (Wildman–Crippen LogP) is 3.85. The molecule has 0 radical (unpaired) electrons. The summed E-state index contributed by atoms with van der Waals surface area (Å²) in [4.78, 5) is 16.1. The number of fused-ring (bicyclic) bond motifs is 1. The SMILES string of the molecule is COc1ccc2ncc(C(N)=O)c(Nc3ccccc3Br)c2c1. The van der Waals surface area contributed by atoms with Crippen molar-refractivity contribution in [3.8, 4) is 5.75 Å². The minimum absolute atomic E-state index is 0.321. The Morgan fingerprint density at radius 2 is 2.04 bits per heavy atom. The lowest BCUT2D eigenvalue weighted by molar-refractivity contribution is 0.100. The Hall–Kier alpha value is -2.60. The number of hydrogen-bond donors (Lipinski definition) is 2. The van der Waals surface area contributed by atoms with Crippen molar-refractivity contribution < 1.29 is 9.53 Å². The third-order valence-electron chi connectivity index (χ3n) is 3.47. The molecule has 1 heterocycles. The molecular weight excluding hydrogens is 358 g/mol. The number of nitrogens with two attached hydrogens (primary N) is 1. The normalized spacial score (nSPS) is 10.5. The zero-order valence-electron chi connectivity index (χ0n) is 12.3. The van der Waals surface area contributed by atoms with Gasteiger partial charge in [0.2, 0.25) is 0 Å². The van der Waals surface area contributed by atoms with Crippen LogP contribution in [0.15, 0.2) is 53.1 Å². The smallest absolute Gasteiger partial charge is 0.252 e. The Bertz CT molecular complexity index is 896. The maximum atomic E-state index is 11.8. The van der Waals surface area contributed by atoms with Gasteiger partial charge in [0.15, 0.2) is 0 Å². The molecule has 0 atom stereocenters. The molecule has 1 amide bonds. The van der Waals surface area contributed by atoms with Crippen LogP contribution < -0.4 is 15.8 Å². The van der Waals surface area contributed by atoms with Crippen LogP contribution in [0.1, 0.15) is 10.4 Å². The molecule has 0 saturated heterocycles. The maximum absolute atomic E-state index is 11.8. The average Bonchev–Trinajstić information content (AvgIpc) is 2.56. The number of carbonyl (C=O) groups excluding carboxylic acids is 1. The van der Waals surface area contributed by atoms with Crippen molar-refractivity contribution >= 4 is 44.1 Å². The number of primary amides is 1. The van der Waals surface area contributed by atoms with Crippen LogP contribution in [0.5, 0.6) is 5.75 Å². The van der Waals surface area contributed by atoms with Gasteiger partial charge in [0.25, 0.3) is 5.91 Å². The molecule has 0 fully saturated rings. The Morgan fingerprint density at radius 3 is 2.74 bits per heavy atom. The molecule has 0 bridgehead atoms. The van der Waals surface area contributed by atoms with E-state index in [1.807, 2.05) is 42.5 Å². The van der Waals surface area contributed by atoms with Gasteiger partial charge in [0, 0.05) is 16.1 Å². The molecule has 3 rings (SSSR count). The van der Waals surface area contributed by atoms with Crippen LogP contribution in [0, 0.1) is 0 Å². The summed E-state index contributed by atoms with van der Waals surface area (Å²) in [6.45, 7) is 0. The van der Waals surface area contributed by atoms with Crippen LogP contribution in [-0.4, -0.2) is 18.0 Å². The van der Waals surface area contributed by atoms with Crippen LogP contribution in [0.4, 0.5) is 11.4 Å². The van der Waals surface area contributed by atoms with Crippen molar-refractivity contribution in [1.29, 1.82) is 0 Å². The number of benzene rings is 2. The molecule has 1 aromatic heterocycles. The van der Waals surface area contributed by atoms with Gasteiger partial charge in [0.1, 0.15) is 5.75 Å². The van der Waals surface area contributed by atoms with Gasteiger partial charge in [-0.1, -0.05) is 12.1 Å². The first-order chi connectivity index (χ1) is 11.1. The van der Waals surface area contributed by atoms with E-state index in [9.17, 15) is 4.79 Å². The van der Waals surface area contributed by atoms with Crippen LogP contribution in [0.25, 0.3) is 10.9 Å². The highest BCUT2D eigenvalue weighted by molar-refractivity contribution is 9.10. The Labute approximate surface area is 141 Å². The van der Waals surface area contributed by atoms with E-state index in [4.69, 9.17) is 10.5 Å². The number of nitrogens with one attached hydrogen (secondary N) is 1. The summed E-state index contributed by atoms with van der Waals surface area (Å²) in [6.07, 6.45) is 1.48. The molecule has 2 aromatic carbocycles. The first-order valence-corrected chi connectivity index (χ1v) is 7.67. The van der Waals surface area contributed by atoms with Crippen molar-refractivity contribution in [3.63, 3.8) is 0 Å². The molecule has 0 aliphatic carbocycles. The summed E-state index contributed by atoms with van der Waals surface area (Å²) in [6, 6.07) is 13.1. The number of hydrogen-bond acceptors (Lipinski definition) is 4. The highest BCUT2D eigenvalue weighted by Crippen LogP contribution is 2.33. The number of nitrogens with zero attached hydrogens (tertiary/aromatic N) is 1. The molecule has 3 N–H and O–H groups in total. The van der Waals surface area contributed by atoms with Crippen molar-refractivity contribution in [2.45, 2.75) is 0 Å². The number of halogens is 1. The van der Waals surface area contributed by atoms with Gasteiger partial charge in [-0.2, -0.15) is 0 Å². The molecule has 23 heavy (non-hydrogen) atoms. The van der Waals surface area contributed by atoms with Gasteiger partial charge >= 0.3 is 0 Å². The fourth-order valence-corrected chi connectivity index (χ4v) is 2.70. The van der Waals surface area contributed by atoms with Gasteiger partial charge in [-0.25, -0.2) is 0 Å². The molecule has 5 nitrogen and oxygen atoms in total. The van der Waals surface area contributed by atoms with Crippen LogP contribution >= 0.6 is 15.9 Å². The van der Waals surface area contributed by atoms with Crippen LogP contribution in [0.2, 0.25) is 0 Å². The van der Waals surface area contributed by atoms with E-state index in [0.717, 1.165) is 21.1 Å². The first-order valence-electron chi connectivity index (χ1n) is 6.88. The second-order valence-corrected chi connectivity index (χ2v) is 5.75. The Balaban J connectivity index is 2.24. The lowest BCUT2D eigenvalue weighted by atomic mass is 10.1. The summed E-state index contributed by atoms with van der Waals surface area (Å²) in [5.74, 6) is 0.132. The summed E-state index contributed by atoms with van der Waals surface area (Å²) >= 11 is 3.49. The summed E-state index contributed by atoms with van der Waals surface area (Å²) in [5.41, 5.74) is 8.00. The molecule has 6 heteroatoms. The average molecular weight is 372 g/mol. The number of amides is 1. The summed E-state index contributed by atoms with van der Waals surface area (Å²) in [7, 11) is 1.59. The zero-order valence-corrected chi connectivity index (χ0v) is 13.9. The number of ether oxygens (including phenoxy) is 1. The van der Waals surface area contributed by atoms with E-state index in [1.165, 1.54) is 6.20 Å². The van der Waals surface area contributed by atoms with Gasteiger partial charge in [-0.15, -0.1) is 0 Å². The minimum Gasteiger partial charge on any atom is -0.497 e. The fourth-order valence-electron chi connectivity index (χ4n) is 2.32. The first kappa shape index (κ1) is 15.3. The zero-order chi connectivity index (χ0) is 16.4. The van der Waals surface area contributed by atoms with Gasteiger partial charge < -0.3 is 15.8 Å². The number of carbonyl (C=O) groups is 1. The van der Waals surface area contributed by atoms with Crippen molar-refractivity contribution in [1.82, 2.24) is 4.98 Å². The van der Waals surface area contributed by atoms with Crippen molar-refractivity contribution in [2.75, 3.05) is 12.4 Å². The van der Waals surface area contributed by atoms with Gasteiger partial charge in [-0.05, 0) is 46.3 Å². The molecule has 3 aromatic rings. The molecule has 0 aliphatic heterocycles. The fraction of sp³-hybridized carbons (Fsp3) is 0.0588. The van der Waals surface area contributed by atoms with Gasteiger partial charge in [-0.3, -0.25) is 9.78 Å². The predicted molar refractivity (Wildman–Crippen MR) is 94.2 cm³/mol. The highest BCUT2D eigenvalue weighted by Gasteiger charge is 2.15. The maximum Gasteiger partial charge on any atom is 0.252 e. The third kappa shape index (κ3) is 2.98. The molecule has 0 unspecified atom stereocenters. The van der Waals surface area contributed by atoms with Crippen molar-refractivity contribution in [2.24, 2.45) is 5.73 Å². The molecule has 116 valence electrons. The lowest BCUT2D eigenvalue weighted by Gasteiger charge is -2.14. The number of anilines is 2. The second-order valence-electron chi connectivity index (χ2n) is 4.90. The Kier molecular flexibility index (Phi) is 4.16. The van der Waals surface area contributed by atoms with E-state index >= 15 is 0 Å². The lowest BCUT2D eigenvalue weighted by Crippen LogP contribution is -2.14. The number of rotatable bonds is 4. The minimum atomic E-state index is -0.545. The number of pyridine rings is 1. The quantitative estimate of drug-likeness (QED) is 0.729. The monoisotopic (exact) mass is 371 g/mol. The highest BCUT2D eigenvalue weighted by atomic mass is 79.9. The summed E-state index contributed by atoms with van der Waals surface area (Å²) in [5, 5.41) is 4.03. The van der Waals surface area contributed by atoms with E-state index in [1.54, 1.807) is 7.11 Å². The Morgan fingerprint density at radius 1 is 1.26 bits per heavy atom. The van der Waals surface area contributed by atoms with E-state index in [0.29, 0.717) is 17.0 Å². The topological polar surface area (TPSA) is 77.2 Å². The molecular formula is C17H14BrN3O2. The summed E-state index contributed by atoms with van der Waals surface area (Å²) < 4.78 is 6.15.